The molecular weight excluding hydrogens is 295 g/mol. The molecule has 2 rings (SSSR count). The second-order valence-corrected chi connectivity index (χ2v) is 4.49. The van der Waals surface area contributed by atoms with Crippen molar-refractivity contribution in [2.24, 2.45) is 0 Å². The molecule has 0 spiro atoms. The number of carbonyl (C=O) groups is 1. The lowest BCUT2D eigenvalue weighted by Crippen LogP contribution is -2.17. The number of nitrogen functional groups attached to an aromatic ring is 1. The Morgan fingerprint density at radius 3 is 2.75 bits per heavy atom. The lowest BCUT2D eigenvalue weighted by Gasteiger charge is -2.10. The molecule has 0 unspecified atom stereocenters. The van der Waals surface area contributed by atoms with Gasteiger partial charge in [0, 0.05) is 17.1 Å². The fraction of sp³-hybridized carbons (Fsp3) is 0.0909. The number of halogens is 3. The second-order valence-electron chi connectivity index (χ2n) is 3.60. The molecule has 1 aromatic carbocycles. The number of rotatable bonds is 3. The van der Waals surface area contributed by atoms with Crippen molar-refractivity contribution in [3.8, 4) is 5.75 Å². The van der Waals surface area contributed by atoms with Crippen molar-refractivity contribution in [1.82, 2.24) is 4.98 Å². The average Bonchev–Trinajstić information content (AvgIpc) is 2.74. The summed E-state index contributed by atoms with van der Waals surface area (Å²) in [4.78, 5) is 15.5. The maximum Gasteiger partial charge on any atom is 0.573 e. The largest absolute Gasteiger partial charge is 0.573 e. The van der Waals surface area contributed by atoms with Crippen molar-refractivity contribution in [3.05, 3.63) is 35.3 Å². The van der Waals surface area contributed by atoms with Crippen LogP contribution in [0.5, 0.6) is 5.75 Å². The predicted octanol–water partition coefficient (Wildman–Crippen LogP) is 2.88. The molecule has 1 amide bonds. The Morgan fingerprint density at radius 1 is 1.40 bits per heavy atom. The summed E-state index contributed by atoms with van der Waals surface area (Å²) >= 11 is 1.09. The van der Waals surface area contributed by atoms with Crippen molar-refractivity contribution in [2.45, 2.75) is 6.36 Å². The van der Waals surface area contributed by atoms with E-state index in [1.807, 2.05) is 0 Å². The van der Waals surface area contributed by atoms with Crippen LogP contribution in [-0.2, 0) is 0 Å². The molecule has 0 radical (unpaired) electrons. The predicted molar refractivity (Wildman–Crippen MR) is 67.6 cm³/mol. The van der Waals surface area contributed by atoms with E-state index in [1.165, 1.54) is 17.5 Å². The molecule has 1 aromatic heterocycles. The lowest BCUT2D eigenvalue weighted by atomic mass is 10.3. The zero-order chi connectivity index (χ0) is 14.8. The van der Waals surface area contributed by atoms with Gasteiger partial charge in [-0.1, -0.05) is 6.07 Å². The van der Waals surface area contributed by atoms with Gasteiger partial charge in [-0.05, 0) is 12.1 Å². The molecule has 2 aromatic rings. The average molecular weight is 303 g/mol. The smallest absolute Gasteiger partial charge is 0.406 e. The van der Waals surface area contributed by atoms with E-state index in [2.05, 4.69) is 15.0 Å². The van der Waals surface area contributed by atoms with E-state index in [1.54, 1.807) is 0 Å². The normalized spacial score (nSPS) is 11.2. The number of ether oxygens (including phenoxy) is 1. The van der Waals surface area contributed by atoms with Gasteiger partial charge in [-0.15, -0.1) is 24.5 Å². The van der Waals surface area contributed by atoms with Gasteiger partial charge in [0.05, 0.1) is 0 Å². The fourth-order valence-electron chi connectivity index (χ4n) is 1.36. The number of amides is 1. The van der Waals surface area contributed by atoms with Gasteiger partial charge >= 0.3 is 6.36 Å². The topological polar surface area (TPSA) is 77.2 Å². The Morgan fingerprint density at radius 2 is 2.15 bits per heavy atom. The van der Waals surface area contributed by atoms with Gasteiger partial charge < -0.3 is 15.8 Å². The first kappa shape index (κ1) is 14.1. The minimum absolute atomic E-state index is 0.0923. The van der Waals surface area contributed by atoms with Gasteiger partial charge in [0.1, 0.15) is 11.4 Å². The summed E-state index contributed by atoms with van der Waals surface area (Å²) < 4.78 is 40.0. The highest BCUT2D eigenvalue weighted by molar-refractivity contribution is 7.13. The van der Waals surface area contributed by atoms with E-state index >= 15 is 0 Å². The Labute approximate surface area is 115 Å². The summed E-state index contributed by atoms with van der Waals surface area (Å²) in [5.41, 5.74) is 5.63. The number of anilines is 2. The second kappa shape index (κ2) is 5.37. The number of nitrogens with two attached hydrogens (primary N) is 1. The van der Waals surface area contributed by atoms with Gasteiger partial charge in [0.2, 0.25) is 0 Å². The monoisotopic (exact) mass is 303 g/mol. The van der Waals surface area contributed by atoms with Crippen LogP contribution in [0.25, 0.3) is 0 Å². The third-order valence-electron chi connectivity index (χ3n) is 2.08. The fourth-order valence-corrected chi connectivity index (χ4v) is 1.90. The molecule has 9 heteroatoms. The molecule has 0 saturated heterocycles. The van der Waals surface area contributed by atoms with Crippen molar-refractivity contribution in [2.75, 3.05) is 11.1 Å². The quantitative estimate of drug-likeness (QED) is 0.914. The van der Waals surface area contributed by atoms with E-state index in [-0.39, 0.29) is 16.5 Å². The Balaban J connectivity index is 2.10. The first-order chi connectivity index (χ1) is 9.33. The molecule has 106 valence electrons. The SMILES string of the molecule is Nc1nc(C(=O)Nc2cccc(OC(F)(F)F)c2)cs1. The highest BCUT2D eigenvalue weighted by Gasteiger charge is 2.31. The van der Waals surface area contributed by atoms with Gasteiger partial charge in [0.25, 0.3) is 5.91 Å². The van der Waals surface area contributed by atoms with Crippen LogP contribution in [-0.4, -0.2) is 17.3 Å². The van der Waals surface area contributed by atoms with E-state index in [9.17, 15) is 18.0 Å². The molecule has 0 bridgehead atoms. The summed E-state index contributed by atoms with van der Waals surface area (Å²) in [5.74, 6) is -0.991. The number of benzene rings is 1. The highest BCUT2D eigenvalue weighted by atomic mass is 32.1. The number of nitrogens with one attached hydrogen (secondary N) is 1. The van der Waals surface area contributed by atoms with Gasteiger partial charge in [-0.2, -0.15) is 0 Å². The maximum absolute atomic E-state index is 12.1. The number of hydrogen-bond donors (Lipinski definition) is 2. The van der Waals surface area contributed by atoms with Crippen LogP contribution < -0.4 is 15.8 Å². The molecule has 3 N–H and O–H groups in total. The van der Waals surface area contributed by atoms with E-state index in [0.29, 0.717) is 0 Å². The van der Waals surface area contributed by atoms with E-state index in [4.69, 9.17) is 5.73 Å². The minimum atomic E-state index is -4.79. The molecule has 20 heavy (non-hydrogen) atoms. The third-order valence-corrected chi connectivity index (χ3v) is 2.75. The van der Waals surface area contributed by atoms with E-state index in [0.717, 1.165) is 23.5 Å². The summed E-state index contributed by atoms with van der Waals surface area (Å²) in [6, 6.07) is 4.94. The van der Waals surface area contributed by atoms with Crippen LogP contribution in [0.1, 0.15) is 10.5 Å². The first-order valence-corrected chi connectivity index (χ1v) is 6.09. The molecular formula is C11H8F3N3O2S. The molecule has 0 aliphatic carbocycles. The summed E-state index contributed by atoms with van der Waals surface area (Å²) in [7, 11) is 0. The lowest BCUT2D eigenvalue weighted by molar-refractivity contribution is -0.274. The van der Waals surface area contributed by atoms with Crippen LogP contribution >= 0.6 is 11.3 Å². The van der Waals surface area contributed by atoms with Crippen LogP contribution in [0.3, 0.4) is 0 Å². The number of alkyl halides is 3. The summed E-state index contributed by atoms with van der Waals surface area (Å²) in [5, 5.41) is 4.07. The minimum Gasteiger partial charge on any atom is -0.406 e. The number of hydrogen-bond acceptors (Lipinski definition) is 5. The number of carbonyl (C=O) groups excluding carboxylic acids is 1. The van der Waals surface area contributed by atoms with Crippen molar-refractivity contribution >= 4 is 28.1 Å². The van der Waals surface area contributed by atoms with Crippen LogP contribution in [0.4, 0.5) is 24.0 Å². The van der Waals surface area contributed by atoms with Crippen molar-refractivity contribution in [3.63, 3.8) is 0 Å². The highest BCUT2D eigenvalue weighted by Crippen LogP contribution is 2.25. The number of aromatic nitrogens is 1. The van der Waals surface area contributed by atoms with Crippen LogP contribution in [0.15, 0.2) is 29.6 Å². The van der Waals surface area contributed by atoms with Crippen molar-refractivity contribution in [1.29, 1.82) is 0 Å². The molecule has 1 heterocycles. The molecule has 0 atom stereocenters. The molecule has 0 aliphatic heterocycles. The van der Waals surface area contributed by atoms with E-state index < -0.39 is 18.0 Å². The van der Waals surface area contributed by atoms with Crippen molar-refractivity contribution < 1.29 is 22.7 Å². The number of nitrogens with zero attached hydrogens (tertiary/aromatic N) is 1. The van der Waals surface area contributed by atoms with Crippen LogP contribution in [0, 0.1) is 0 Å². The summed E-state index contributed by atoms with van der Waals surface area (Å²) in [6.07, 6.45) is -4.79. The molecule has 0 saturated carbocycles. The Hall–Kier alpha value is -2.29. The molecule has 0 fully saturated rings. The first-order valence-electron chi connectivity index (χ1n) is 5.22. The van der Waals surface area contributed by atoms with Crippen LogP contribution in [0.2, 0.25) is 0 Å². The summed E-state index contributed by atoms with van der Waals surface area (Å²) in [6.45, 7) is 0. The van der Waals surface area contributed by atoms with Gasteiger partial charge in [-0.3, -0.25) is 4.79 Å². The van der Waals surface area contributed by atoms with Gasteiger partial charge in [-0.25, -0.2) is 4.98 Å². The Bertz CT molecular complexity index is 627. The molecule has 0 aliphatic rings. The molecule has 5 nitrogen and oxygen atoms in total. The van der Waals surface area contributed by atoms with Gasteiger partial charge in [0.15, 0.2) is 5.13 Å². The zero-order valence-electron chi connectivity index (χ0n) is 9.77. The number of thiazole rings is 1. The third kappa shape index (κ3) is 3.85. The standard InChI is InChI=1S/C11H8F3N3O2S/c12-11(13,14)19-7-3-1-2-6(4-7)16-9(18)8-5-20-10(15)17-8/h1-5H,(H2,15,17)(H,16,18). The zero-order valence-corrected chi connectivity index (χ0v) is 10.6. The Kier molecular flexibility index (Phi) is 3.79. The maximum atomic E-state index is 12.1.